The zero-order chi connectivity index (χ0) is 13.2. The highest BCUT2D eigenvalue weighted by Crippen LogP contribution is 2.33. The lowest BCUT2D eigenvalue weighted by atomic mass is 9.96. The predicted octanol–water partition coefficient (Wildman–Crippen LogP) is 4.14. The third-order valence-corrected chi connectivity index (χ3v) is 3.32. The normalized spacial score (nSPS) is 11.4. The molecule has 3 rings (SSSR count). The van der Waals surface area contributed by atoms with Crippen molar-refractivity contribution in [3.05, 3.63) is 66.9 Å². The van der Waals surface area contributed by atoms with Crippen LogP contribution < -0.4 is 5.73 Å². The number of hydrogen-bond acceptors (Lipinski definition) is 2. The molecule has 0 unspecified atom stereocenters. The molecule has 2 nitrogen and oxygen atoms in total. The Balaban J connectivity index is 2.54. The Morgan fingerprint density at radius 1 is 0.842 bits per heavy atom. The highest BCUT2D eigenvalue weighted by Gasteiger charge is 2.09. The summed E-state index contributed by atoms with van der Waals surface area (Å²) in [6.45, 7) is 3.61. The lowest BCUT2D eigenvalue weighted by molar-refractivity contribution is 1.61. The zero-order valence-electron chi connectivity index (χ0n) is 10.5. The van der Waals surface area contributed by atoms with E-state index in [-0.39, 0.29) is 0 Å². The number of aliphatic imine (C=N–C) groups is 1. The molecule has 92 valence electrons. The van der Waals surface area contributed by atoms with Crippen LogP contribution in [0.1, 0.15) is 5.56 Å². The summed E-state index contributed by atoms with van der Waals surface area (Å²) in [6.07, 6.45) is 3.29. The van der Waals surface area contributed by atoms with Crippen molar-refractivity contribution in [3.63, 3.8) is 0 Å². The molecule has 0 saturated heterocycles. The van der Waals surface area contributed by atoms with Gasteiger partial charge in [-0.3, -0.25) is 4.99 Å². The van der Waals surface area contributed by atoms with Crippen molar-refractivity contribution in [1.29, 1.82) is 0 Å². The van der Waals surface area contributed by atoms with Crippen molar-refractivity contribution in [1.82, 2.24) is 0 Å². The van der Waals surface area contributed by atoms with Crippen molar-refractivity contribution in [3.8, 4) is 0 Å². The average Bonchev–Trinajstić information content (AvgIpc) is 2.47. The molecule has 19 heavy (non-hydrogen) atoms. The first-order valence-corrected chi connectivity index (χ1v) is 6.16. The van der Waals surface area contributed by atoms with Gasteiger partial charge in [0.15, 0.2) is 0 Å². The van der Waals surface area contributed by atoms with Crippen LogP contribution in [-0.4, -0.2) is 6.21 Å². The Morgan fingerprint density at radius 2 is 1.37 bits per heavy atom. The van der Waals surface area contributed by atoms with Crippen molar-refractivity contribution in [2.24, 2.45) is 4.99 Å². The van der Waals surface area contributed by atoms with Crippen molar-refractivity contribution < 1.29 is 0 Å². The molecule has 0 aromatic heterocycles. The van der Waals surface area contributed by atoms with E-state index in [1.165, 1.54) is 17.0 Å². The number of hydrogen-bond donors (Lipinski definition) is 1. The van der Waals surface area contributed by atoms with Crippen molar-refractivity contribution >= 4 is 33.4 Å². The van der Waals surface area contributed by atoms with Crippen LogP contribution in [0.4, 0.5) is 5.69 Å². The van der Waals surface area contributed by atoms with E-state index >= 15 is 0 Å². The number of fused-ring (bicyclic) bond motifs is 3. The molecule has 0 heterocycles. The van der Waals surface area contributed by atoms with Crippen LogP contribution in [0.5, 0.6) is 0 Å². The molecule has 0 amide bonds. The van der Waals surface area contributed by atoms with Gasteiger partial charge in [0.2, 0.25) is 0 Å². The second-order valence-electron chi connectivity index (χ2n) is 4.38. The fourth-order valence-electron chi connectivity index (χ4n) is 2.46. The van der Waals surface area contributed by atoms with E-state index in [1.807, 2.05) is 30.3 Å². The molecule has 0 radical (unpaired) electrons. The first kappa shape index (κ1) is 11.5. The monoisotopic (exact) mass is 246 g/mol. The van der Waals surface area contributed by atoms with Crippen molar-refractivity contribution in [2.75, 3.05) is 5.73 Å². The summed E-state index contributed by atoms with van der Waals surface area (Å²) < 4.78 is 0. The predicted molar refractivity (Wildman–Crippen MR) is 83.7 cm³/mol. The summed E-state index contributed by atoms with van der Waals surface area (Å²) in [6, 6.07) is 16.4. The molecule has 0 aliphatic rings. The quantitative estimate of drug-likeness (QED) is 0.412. The van der Waals surface area contributed by atoms with Gasteiger partial charge in [0.1, 0.15) is 0 Å². The Labute approximate surface area is 111 Å². The van der Waals surface area contributed by atoms with Gasteiger partial charge in [-0.25, -0.2) is 0 Å². The summed E-state index contributed by atoms with van der Waals surface area (Å²) in [5.74, 6) is 0. The lowest BCUT2D eigenvalue weighted by Crippen LogP contribution is -1.96. The number of nitrogens with zero attached hydrogens (tertiary/aromatic N) is 1. The summed E-state index contributed by atoms with van der Waals surface area (Å²) in [5, 5.41) is 4.54. The van der Waals surface area contributed by atoms with Gasteiger partial charge in [-0.05, 0) is 16.2 Å². The average molecular weight is 246 g/mol. The third kappa shape index (κ3) is 1.78. The molecule has 0 spiro atoms. The highest BCUT2D eigenvalue weighted by molar-refractivity contribution is 6.20. The van der Waals surface area contributed by atoms with E-state index in [9.17, 15) is 0 Å². The van der Waals surface area contributed by atoms with Crippen LogP contribution >= 0.6 is 0 Å². The molecule has 3 aromatic rings. The van der Waals surface area contributed by atoms with Gasteiger partial charge in [0, 0.05) is 29.1 Å². The summed E-state index contributed by atoms with van der Waals surface area (Å²) >= 11 is 0. The second kappa shape index (κ2) is 4.58. The van der Waals surface area contributed by atoms with E-state index in [1.54, 1.807) is 6.21 Å². The third-order valence-electron chi connectivity index (χ3n) is 3.32. The number of nitrogens with two attached hydrogens (primary N) is 1. The van der Waals surface area contributed by atoms with E-state index in [0.29, 0.717) is 0 Å². The number of nitrogen functional groups attached to an aromatic ring is 1. The summed E-state index contributed by atoms with van der Waals surface area (Å²) in [4.78, 5) is 4.12. The Hall–Kier alpha value is -2.61. The van der Waals surface area contributed by atoms with E-state index < -0.39 is 0 Å². The van der Waals surface area contributed by atoms with E-state index in [2.05, 4.69) is 29.8 Å². The molecular weight excluding hydrogens is 232 g/mol. The molecule has 0 aliphatic carbocycles. The second-order valence-corrected chi connectivity index (χ2v) is 4.38. The maximum absolute atomic E-state index is 6.30. The maximum atomic E-state index is 6.30. The van der Waals surface area contributed by atoms with Gasteiger partial charge in [0.25, 0.3) is 0 Å². The minimum absolute atomic E-state index is 0.764. The van der Waals surface area contributed by atoms with Crippen LogP contribution in [0.2, 0.25) is 0 Å². The standard InChI is InChI=1S/C17H14N2/c1-2-19-11-16-14-9-4-3-7-12(14)13-8-5-6-10-15(13)17(16)18/h2-11H,1,18H2/b19-11-. The van der Waals surface area contributed by atoms with Crippen LogP contribution in [-0.2, 0) is 0 Å². The topological polar surface area (TPSA) is 38.4 Å². The molecule has 0 saturated carbocycles. The maximum Gasteiger partial charge on any atom is 0.0489 e. The molecule has 0 bridgehead atoms. The fourth-order valence-corrected chi connectivity index (χ4v) is 2.46. The Bertz CT molecular complexity index is 801. The van der Waals surface area contributed by atoms with Gasteiger partial charge in [-0.15, -0.1) is 0 Å². The van der Waals surface area contributed by atoms with Crippen LogP contribution in [0.3, 0.4) is 0 Å². The molecule has 0 aliphatic heterocycles. The first-order valence-electron chi connectivity index (χ1n) is 6.16. The molecule has 0 fully saturated rings. The zero-order valence-corrected chi connectivity index (χ0v) is 10.5. The number of anilines is 1. The van der Waals surface area contributed by atoms with Crippen LogP contribution in [0, 0.1) is 0 Å². The van der Waals surface area contributed by atoms with Gasteiger partial charge in [-0.2, -0.15) is 0 Å². The minimum atomic E-state index is 0.764. The molecular formula is C17H14N2. The SMILES string of the molecule is C=C/N=C\c1c(N)c2ccccc2c2ccccc12. The van der Waals surface area contributed by atoms with Gasteiger partial charge in [-0.1, -0.05) is 55.1 Å². The van der Waals surface area contributed by atoms with E-state index in [4.69, 9.17) is 5.73 Å². The van der Waals surface area contributed by atoms with Crippen molar-refractivity contribution in [2.45, 2.75) is 0 Å². The number of benzene rings is 3. The lowest BCUT2D eigenvalue weighted by Gasteiger charge is -2.11. The molecule has 0 atom stereocenters. The smallest absolute Gasteiger partial charge is 0.0489 e. The Morgan fingerprint density at radius 3 is 2.00 bits per heavy atom. The minimum Gasteiger partial charge on any atom is -0.398 e. The Kier molecular flexibility index (Phi) is 2.76. The van der Waals surface area contributed by atoms with Crippen LogP contribution in [0.15, 0.2) is 66.3 Å². The van der Waals surface area contributed by atoms with Gasteiger partial charge >= 0.3 is 0 Å². The fraction of sp³-hybridized carbons (Fsp3) is 0. The largest absolute Gasteiger partial charge is 0.398 e. The van der Waals surface area contributed by atoms with Crippen LogP contribution in [0.25, 0.3) is 21.5 Å². The summed E-state index contributed by atoms with van der Waals surface area (Å²) in [7, 11) is 0. The molecule has 2 N–H and O–H groups in total. The summed E-state index contributed by atoms with van der Waals surface area (Å²) in [5.41, 5.74) is 8.02. The highest BCUT2D eigenvalue weighted by atomic mass is 14.7. The first-order chi connectivity index (χ1) is 9.33. The van der Waals surface area contributed by atoms with E-state index in [0.717, 1.165) is 22.0 Å². The van der Waals surface area contributed by atoms with Gasteiger partial charge < -0.3 is 5.73 Å². The van der Waals surface area contributed by atoms with Gasteiger partial charge in [0.05, 0.1) is 0 Å². The number of rotatable bonds is 2. The molecule has 3 aromatic carbocycles. The molecule has 2 heteroatoms.